The van der Waals surface area contributed by atoms with Crippen LogP contribution in [0.25, 0.3) is 0 Å². The zero-order valence-corrected chi connectivity index (χ0v) is 12.3. The molecule has 19 heavy (non-hydrogen) atoms. The molecule has 1 atom stereocenters. The fourth-order valence-electron chi connectivity index (χ4n) is 1.28. The Kier molecular flexibility index (Phi) is 4.95. The van der Waals surface area contributed by atoms with Crippen LogP contribution in [0.3, 0.4) is 0 Å². The summed E-state index contributed by atoms with van der Waals surface area (Å²) in [6, 6.07) is 6.33. The molecule has 104 valence electrons. The van der Waals surface area contributed by atoms with Gasteiger partial charge >= 0.3 is 0 Å². The number of amides is 2. The fraction of sp³-hybridized carbons (Fsp3) is 0.429. The topological polar surface area (TPSA) is 58.2 Å². The van der Waals surface area contributed by atoms with Crippen molar-refractivity contribution < 1.29 is 9.59 Å². The summed E-state index contributed by atoms with van der Waals surface area (Å²) in [4.78, 5) is 23.7. The predicted molar refractivity (Wildman–Crippen MR) is 77.1 cm³/mol. The van der Waals surface area contributed by atoms with Crippen molar-refractivity contribution in [3.05, 3.63) is 29.3 Å². The maximum atomic E-state index is 11.9. The van der Waals surface area contributed by atoms with Crippen molar-refractivity contribution in [2.24, 2.45) is 5.41 Å². The lowest BCUT2D eigenvalue weighted by Crippen LogP contribution is -2.46. The second kappa shape index (κ2) is 6.06. The molecule has 4 nitrogen and oxygen atoms in total. The molecule has 1 aromatic rings. The molecule has 0 aliphatic rings. The van der Waals surface area contributed by atoms with Crippen LogP contribution in [0.5, 0.6) is 0 Å². The zero-order valence-electron chi connectivity index (χ0n) is 11.6. The van der Waals surface area contributed by atoms with Crippen LogP contribution in [0.1, 0.15) is 27.7 Å². The molecule has 0 aromatic heterocycles. The van der Waals surface area contributed by atoms with Gasteiger partial charge in [-0.15, -0.1) is 0 Å². The fourth-order valence-corrected chi connectivity index (χ4v) is 1.47. The first kappa shape index (κ1) is 15.5. The van der Waals surface area contributed by atoms with Crippen LogP contribution in [-0.2, 0) is 9.59 Å². The van der Waals surface area contributed by atoms with Gasteiger partial charge in [-0.25, -0.2) is 0 Å². The van der Waals surface area contributed by atoms with Crippen LogP contribution < -0.4 is 10.6 Å². The molecule has 0 fully saturated rings. The van der Waals surface area contributed by atoms with Crippen LogP contribution in [0.2, 0.25) is 5.02 Å². The quantitative estimate of drug-likeness (QED) is 0.896. The second-order valence-corrected chi connectivity index (χ2v) is 5.82. The van der Waals surface area contributed by atoms with Gasteiger partial charge in [-0.1, -0.05) is 44.5 Å². The van der Waals surface area contributed by atoms with Crippen molar-refractivity contribution in [2.45, 2.75) is 33.7 Å². The highest BCUT2D eigenvalue weighted by atomic mass is 35.5. The number of carbonyl (C=O) groups excluding carboxylic acids is 2. The number of anilines is 1. The lowest BCUT2D eigenvalue weighted by molar-refractivity contribution is -0.131. The zero-order chi connectivity index (χ0) is 14.6. The molecule has 0 heterocycles. The lowest BCUT2D eigenvalue weighted by atomic mass is 9.95. The van der Waals surface area contributed by atoms with Gasteiger partial charge < -0.3 is 10.6 Å². The van der Waals surface area contributed by atoms with Gasteiger partial charge in [0.15, 0.2) is 0 Å². The summed E-state index contributed by atoms with van der Waals surface area (Å²) in [5.41, 5.74) is 0.00452. The molecule has 0 aliphatic carbocycles. The lowest BCUT2D eigenvalue weighted by Gasteiger charge is -2.21. The largest absolute Gasteiger partial charge is 0.344 e. The van der Waals surface area contributed by atoms with E-state index < -0.39 is 11.5 Å². The molecule has 1 aromatic carbocycles. The molecule has 0 aliphatic heterocycles. The molecule has 2 N–H and O–H groups in total. The predicted octanol–water partition coefficient (Wildman–Crippen LogP) is 2.83. The summed E-state index contributed by atoms with van der Waals surface area (Å²) in [5.74, 6) is -0.472. The van der Waals surface area contributed by atoms with E-state index in [0.717, 1.165) is 0 Å². The van der Waals surface area contributed by atoms with E-state index in [0.29, 0.717) is 10.7 Å². The van der Waals surface area contributed by atoms with E-state index in [2.05, 4.69) is 10.6 Å². The average Bonchev–Trinajstić information content (AvgIpc) is 2.30. The van der Waals surface area contributed by atoms with Crippen LogP contribution in [0, 0.1) is 5.41 Å². The highest BCUT2D eigenvalue weighted by molar-refractivity contribution is 6.33. The molecule has 0 saturated carbocycles. The smallest absolute Gasteiger partial charge is 0.246 e. The van der Waals surface area contributed by atoms with Gasteiger partial charge in [0.1, 0.15) is 6.04 Å². The first-order valence-electron chi connectivity index (χ1n) is 6.08. The SMILES string of the molecule is CC(NC(=O)C(C)(C)C)C(=O)Nc1ccccc1Cl. The third-order valence-electron chi connectivity index (χ3n) is 2.55. The average molecular weight is 283 g/mol. The minimum atomic E-state index is -0.622. The van der Waals surface area contributed by atoms with Crippen LogP contribution in [0.15, 0.2) is 24.3 Å². The summed E-state index contributed by atoms with van der Waals surface area (Å²) < 4.78 is 0. The van der Waals surface area contributed by atoms with E-state index in [1.54, 1.807) is 52.0 Å². The van der Waals surface area contributed by atoms with Gasteiger partial charge in [0.25, 0.3) is 0 Å². The number of para-hydroxylation sites is 1. The maximum Gasteiger partial charge on any atom is 0.246 e. The standard InChI is InChI=1S/C14H19ClN2O2/c1-9(16-13(19)14(2,3)4)12(18)17-11-8-6-5-7-10(11)15/h5-9H,1-4H3,(H,16,19)(H,17,18). The van der Waals surface area contributed by atoms with Crippen molar-refractivity contribution >= 4 is 29.1 Å². The Morgan fingerprint density at radius 1 is 1.21 bits per heavy atom. The molecule has 0 spiro atoms. The number of hydrogen-bond acceptors (Lipinski definition) is 2. The van der Waals surface area contributed by atoms with Gasteiger partial charge in [0, 0.05) is 5.41 Å². The number of hydrogen-bond donors (Lipinski definition) is 2. The third kappa shape index (κ3) is 4.56. The number of nitrogens with one attached hydrogen (secondary N) is 2. The van der Waals surface area contributed by atoms with E-state index in [9.17, 15) is 9.59 Å². The van der Waals surface area contributed by atoms with Crippen molar-refractivity contribution in [3.63, 3.8) is 0 Å². The summed E-state index contributed by atoms with van der Waals surface area (Å²) in [5, 5.41) is 5.81. The Bertz CT molecular complexity index is 481. The highest BCUT2D eigenvalue weighted by Gasteiger charge is 2.25. The van der Waals surface area contributed by atoms with Gasteiger partial charge in [-0.2, -0.15) is 0 Å². The van der Waals surface area contributed by atoms with Crippen LogP contribution in [-0.4, -0.2) is 17.9 Å². The second-order valence-electron chi connectivity index (χ2n) is 5.41. The van der Waals surface area contributed by atoms with E-state index in [1.165, 1.54) is 0 Å². The van der Waals surface area contributed by atoms with Crippen LogP contribution >= 0.6 is 11.6 Å². The monoisotopic (exact) mass is 282 g/mol. The Morgan fingerprint density at radius 2 is 1.79 bits per heavy atom. The number of rotatable bonds is 3. The number of carbonyl (C=O) groups is 2. The minimum Gasteiger partial charge on any atom is -0.344 e. The molecule has 1 rings (SSSR count). The van der Waals surface area contributed by atoms with Crippen molar-refractivity contribution in [2.75, 3.05) is 5.32 Å². The molecule has 1 unspecified atom stereocenters. The summed E-state index contributed by atoms with van der Waals surface area (Å²) in [6.45, 7) is 7.01. The van der Waals surface area contributed by atoms with E-state index >= 15 is 0 Å². The normalized spacial score (nSPS) is 12.7. The number of benzene rings is 1. The molecular formula is C14H19ClN2O2. The summed E-state index contributed by atoms with van der Waals surface area (Å²) in [7, 11) is 0. The highest BCUT2D eigenvalue weighted by Crippen LogP contribution is 2.20. The molecule has 0 bridgehead atoms. The van der Waals surface area contributed by atoms with Crippen molar-refractivity contribution in [3.8, 4) is 0 Å². The minimum absolute atomic E-state index is 0.172. The Morgan fingerprint density at radius 3 is 2.32 bits per heavy atom. The molecule has 0 saturated heterocycles. The van der Waals surface area contributed by atoms with E-state index in [-0.39, 0.29) is 11.8 Å². The Hall–Kier alpha value is -1.55. The molecule has 2 amide bonds. The summed E-state index contributed by atoms with van der Waals surface area (Å²) in [6.07, 6.45) is 0. The maximum absolute atomic E-state index is 11.9. The molecule has 5 heteroatoms. The van der Waals surface area contributed by atoms with Crippen LogP contribution in [0.4, 0.5) is 5.69 Å². The van der Waals surface area contributed by atoms with E-state index in [4.69, 9.17) is 11.6 Å². The summed E-state index contributed by atoms with van der Waals surface area (Å²) >= 11 is 5.95. The van der Waals surface area contributed by atoms with Gasteiger partial charge in [-0.05, 0) is 19.1 Å². The van der Waals surface area contributed by atoms with Gasteiger partial charge in [0.05, 0.1) is 10.7 Å². The van der Waals surface area contributed by atoms with Gasteiger partial charge in [-0.3, -0.25) is 9.59 Å². The Balaban J connectivity index is 2.64. The van der Waals surface area contributed by atoms with Crippen molar-refractivity contribution in [1.82, 2.24) is 5.32 Å². The number of halogens is 1. The van der Waals surface area contributed by atoms with Crippen molar-refractivity contribution in [1.29, 1.82) is 0 Å². The third-order valence-corrected chi connectivity index (χ3v) is 2.88. The molecule has 0 radical (unpaired) electrons. The molecular weight excluding hydrogens is 264 g/mol. The first-order valence-corrected chi connectivity index (χ1v) is 6.46. The first-order chi connectivity index (χ1) is 8.71. The Labute approximate surface area is 118 Å². The van der Waals surface area contributed by atoms with E-state index in [1.807, 2.05) is 0 Å². The van der Waals surface area contributed by atoms with Gasteiger partial charge in [0.2, 0.25) is 11.8 Å².